The van der Waals surface area contributed by atoms with E-state index in [2.05, 4.69) is 24.1 Å². The second-order valence-electron chi connectivity index (χ2n) is 7.51. The lowest BCUT2D eigenvalue weighted by Crippen LogP contribution is -2.22. The molecule has 0 atom stereocenters. The van der Waals surface area contributed by atoms with Gasteiger partial charge >= 0.3 is 5.97 Å². The molecular weight excluding hydrogens is 352 g/mol. The van der Waals surface area contributed by atoms with E-state index in [-0.39, 0.29) is 6.61 Å². The van der Waals surface area contributed by atoms with Crippen LogP contribution in [0.1, 0.15) is 96.8 Å². The van der Waals surface area contributed by atoms with E-state index in [1.54, 1.807) is 6.34 Å². The number of aliphatic hydroxyl groups excluding tert-OH is 1. The molecule has 0 aromatic carbocycles. The number of aliphatic carboxylic acids is 1. The van der Waals surface area contributed by atoms with E-state index >= 15 is 0 Å². The van der Waals surface area contributed by atoms with E-state index in [9.17, 15) is 4.79 Å². The molecule has 0 aliphatic carbocycles. The van der Waals surface area contributed by atoms with Crippen molar-refractivity contribution in [1.82, 2.24) is 4.90 Å². The quantitative estimate of drug-likeness (QED) is 0.254. The number of β-amino-alcohol motifs (C(OH)–C–C–N with tert-alkyl or cyclic N) is 1. The van der Waals surface area contributed by atoms with Crippen LogP contribution in [0.5, 0.6) is 0 Å². The average molecular weight is 397 g/mol. The van der Waals surface area contributed by atoms with E-state index in [1.165, 1.54) is 70.6 Å². The summed E-state index contributed by atoms with van der Waals surface area (Å²) in [6.07, 6.45) is 23.0. The van der Waals surface area contributed by atoms with E-state index in [4.69, 9.17) is 10.2 Å². The first kappa shape index (κ1) is 26.6. The maximum Gasteiger partial charge on any atom is 0.303 e. The standard InChI is InChI=1S/C18H34O2.C5H10N2O/c1-2-3-4-5-6-7-8-9-10-11-12-13-14-15-16-17-18(19)20;8-4-3-7-2-1-6-5-7/h9-10H,2-8,11-17H2,1H3,(H,19,20);5,8H,1-4H2. The largest absolute Gasteiger partial charge is 0.481 e. The smallest absolute Gasteiger partial charge is 0.303 e. The van der Waals surface area contributed by atoms with Crippen LogP contribution in [-0.4, -0.2) is 53.7 Å². The summed E-state index contributed by atoms with van der Waals surface area (Å²) in [4.78, 5) is 16.3. The van der Waals surface area contributed by atoms with Crippen LogP contribution in [0.4, 0.5) is 0 Å². The molecule has 1 aliphatic heterocycles. The van der Waals surface area contributed by atoms with Crippen molar-refractivity contribution in [3.8, 4) is 0 Å². The first-order valence-corrected chi connectivity index (χ1v) is 11.4. The zero-order valence-corrected chi connectivity index (χ0v) is 18.2. The van der Waals surface area contributed by atoms with Crippen LogP contribution in [0.3, 0.4) is 0 Å². The number of allylic oxidation sites excluding steroid dienone is 2. The topological polar surface area (TPSA) is 73.1 Å². The number of hydrogen-bond acceptors (Lipinski definition) is 4. The lowest BCUT2D eigenvalue weighted by atomic mass is 10.1. The van der Waals surface area contributed by atoms with Gasteiger partial charge in [-0.15, -0.1) is 0 Å². The first-order valence-electron chi connectivity index (χ1n) is 11.4. The summed E-state index contributed by atoms with van der Waals surface area (Å²) in [6.45, 7) is 5.07. The zero-order chi connectivity index (χ0) is 20.7. The van der Waals surface area contributed by atoms with Gasteiger partial charge in [-0.1, -0.05) is 70.4 Å². The fourth-order valence-corrected chi connectivity index (χ4v) is 3.06. The summed E-state index contributed by atoms with van der Waals surface area (Å²) in [5.74, 6) is -0.664. The molecule has 1 aliphatic rings. The molecule has 0 aromatic heterocycles. The highest BCUT2D eigenvalue weighted by Crippen LogP contribution is 2.09. The van der Waals surface area contributed by atoms with Gasteiger partial charge in [-0.25, -0.2) is 0 Å². The zero-order valence-electron chi connectivity index (χ0n) is 18.2. The summed E-state index contributed by atoms with van der Waals surface area (Å²) in [5, 5.41) is 16.9. The van der Waals surface area contributed by atoms with Crippen molar-refractivity contribution in [3.63, 3.8) is 0 Å². The Morgan fingerprint density at radius 2 is 1.54 bits per heavy atom. The number of carboxylic acid groups (broad SMARTS) is 1. The van der Waals surface area contributed by atoms with Gasteiger partial charge in [-0.05, 0) is 32.1 Å². The molecule has 28 heavy (non-hydrogen) atoms. The summed E-state index contributed by atoms with van der Waals surface area (Å²) < 4.78 is 0. The van der Waals surface area contributed by atoms with Gasteiger partial charge in [0.1, 0.15) is 0 Å². The van der Waals surface area contributed by atoms with E-state index < -0.39 is 5.97 Å². The van der Waals surface area contributed by atoms with Gasteiger partial charge in [0, 0.05) is 19.5 Å². The number of carboxylic acids is 1. The highest BCUT2D eigenvalue weighted by Gasteiger charge is 2.01. The predicted octanol–water partition coefficient (Wildman–Crippen LogP) is 5.43. The number of aliphatic hydroxyl groups is 1. The van der Waals surface area contributed by atoms with E-state index in [0.717, 1.165) is 32.5 Å². The number of hydrogen-bond donors (Lipinski definition) is 2. The minimum atomic E-state index is -0.664. The normalized spacial score (nSPS) is 13.1. The Morgan fingerprint density at radius 1 is 0.964 bits per heavy atom. The summed E-state index contributed by atoms with van der Waals surface area (Å²) in [6, 6.07) is 0. The molecular formula is C23H44N2O3. The molecule has 2 N–H and O–H groups in total. The van der Waals surface area contributed by atoms with Crippen LogP contribution >= 0.6 is 0 Å². The van der Waals surface area contributed by atoms with Crippen LogP contribution in [0.2, 0.25) is 0 Å². The van der Waals surface area contributed by atoms with Gasteiger partial charge < -0.3 is 15.1 Å². The van der Waals surface area contributed by atoms with Gasteiger partial charge in [0.15, 0.2) is 0 Å². The maximum atomic E-state index is 10.3. The number of unbranched alkanes of at least 4 members (excludes halogenated alkanes) is 11. The molecule has 1 heterocycles. The average Bonchev–Trinajstić information content (AvgIpc) is 3.19. The third-order valence-corrected chi connectivity index (χ3v) is 4.80. The van der Waals surface area contributed by atoms with Gasteiger partial charge in [0.05, 0.1) is 19.5 Å². The van der Waals surface area contributed by atoms with Crippen molar-refractivity contribution in [1.29, 1.82) is 0 Å². The molecule has 0 fully saturated rings. The molecule has 0 bridgehead atoms. The van der Waals surface area contributed by atoms with Gasteiger partial charge in [0.2, 0.25) is 0 Å². The highest BCUT2D eigenvalue weighted by atomic mass is 16.4. The molecule has 0 aromatic rings. The van der Waals surface area contributed by atoms with Crippen LogP contribution in [-0.2, 0) is 4.79 Å². The molecule has 5 heteroatoms. The Balaban J connectivity index is 0.000000749. The second kappa shape index (κ2) is 21.9. The molecule has 0 unspecified atom stereocenters. The summed E-state index contributed by atoms with van der Waals surface area (Å²) in [7, 11) is 0. The lowest BCUT2D eigenvalue weighted by molar-refractivity contribution is -0.137. The molecule has 5 nitrogen and oxygen atoms in total. The van der Waals surface area contributed by atoms with Crippen molar-refractivity contribution in [2.45, 2.75) is 96.8 Å². The Bertz CT molecular complexity index is 397. The molecule has 164 valence electrons. The lowest BCUT2D eigenvalue weighted by Gasteiger charge is -2.09. The van der Waals surface area contributed by atoms with E-state index in [0.29, 0.717) is 6.42 Å². The van der Waals surface area contributed by atoms with Gasteiger partial charge in [-0.2, -0.15) is 0 Å². The number of rotatable bonds is 17. The monoisotopic (exact) mass is 396 g/mol. The second-order valence-corrected chi connectivity index (χ2v) is 7.51. The Kier molecular flexibility index (Phi) is 20.9. The Labute approximate surface area is 172 Å². The summed E-state index contributed by atoms with van der Waals surface area (Å²) >= 11 is 0. The number of aliphatic imine (C=N–C) groups is 1. The van der Waals surface area contributed by atoms with Gasteiger partial charge in [0.25, 0.3) is 0 Å². The predicted molar refractivity (Wildman–Crippen MR) is 119 cm³/mol. The van der Waals surface area contributed by atoms with Crippen molar-refractivity contribution >= 4 is 12.3 Å². The maximum absolute atomic E-state index is 10.3. The first-order chi connectivity index (χ1) is 13.7. The van der Waals surface area contributed by atoms with Crippen molar-refractivity contribution in [3.05, 3.63) is 12.2 Å². The Hall–Kier alpha value is -1.36. The third kappa shape index (κ3) is 20.9. The molecule has 0 radical (unpaired) electrons. The minimum absolute atomic E-state index is 0.228. The highest BCUT2D eigenvalue weighted by molar-refractivity contribution is 5.66. The molecule has 0 saturated heterocycles. The SMILES string of the molecule is CCCCCCCCC=CCCCCCCCC(=O)O.OCCN1C=NCC1. The van der Waals surface area contributed by atoms with Crippen LogP contribution in [0.15, 0.2) is 17.1 Å². The number of carbonyl (C=O) groups is 1. The molecule has 0 amide bonds. The molecule has 0 saturated carbocycles. The van der Waals surface area contributed by atoms with Crippen LogP contribution in [0.25, 0.3) is 0 Å². The Morgan fingerprint density at radius 3 is 2.04 bits per heavy atom. The van der Waals surface area contributed by atoms with Crippen molar-refractivity contribution in [2.75, 3.05) is 26.2 Å². The molecule has 1 rings (SSSR count). The third-order valence-electron chi connectivity index (χ3n) is 4.80. The minimum Gasteiger partial charge on any atom is -0.481 e. The summed E-state index contributed by atoms with van der Waals surface area (Å²) in [5.41, 5.74) is 0. The van der Waals surface area contributed by atoms with E-state index in [1.807, 2.05) is 4.90 Å². The fourth-order valence-electron chi connectivity index (χ4n) is 3.06. The van der Waals surface area contributed by atoms with Crippen LogP contribution in [0, 0.1) is 0 Å². The number of nitrogens with zero attached hydrogens (tertiary/aromatic N) is 2. The molecule has 0 spiro atoms. The van der Waals surface area contributed by atoms with Crippen LogP contribution < -0.4 is 0 Å². The fraction of sp³-hybridized carbons (Fsp3) is 0.826. The van der Waals surface area contributed by atoms with Crippen molar-refractivity contribution < 1.29 is 15.0 Å². The van der Waals surface area contributed by atoms with Crippen molar-refractivity contribution in [2.24, 2.45) is 4.99 Å². The van der Waals surface area contributed by atoms with Gasteiger partial charge in [-0.3, -0.25) is 9.79 Å².